The molecule has 0 spiro atoms. The molecule has 0 N–H and O–H groups in total. The first-order chi connectivity index (χ1) is 7.75. The van der Waals surface area contributed by atoms with Crippen molar-refractivity contribution < 1.29 is 22.9 Å². The van der Waals surface area contributed by atoms with Gasteiger partial charge in [0.2, 0.25) is 0 Å². The predicted octanol–water partition coefficient (Wildman–Crippen LogP) is 2.90. The highest BCUT2D eigenvalue weighted by atomic mass is 19.4. The molecular formula is C10H8F3NO3. The van der Waals surface area contributed by atoms with Crippen LogP contribution in [-0.4, -0.2) is 16.9 Å². The number of carbonyl (C=O) groups is 1. The maximum absolute atomic E-state index is 12.2. The van der Waals surface area contributed by atoms with Gasteiger partial charge < -0.3 is 0 Å². The fraction of sp³-hybridized carbons (Fsp3) is 0.300. The average Bonchev–Trinajstić information content (AvgIpc) is 2.26. The van der Waals surface area contributed by atoms with Crippen LogP contribution in [0.3, 0.4) is 0 Å². The molecule has 17 heavy (non-hydrogen) atoms. The number of rotatable bonds is 3. The van der Waals surface area contributed by atoms with Gasteiger partial charge in [-0.15, -0.1) is 0 Å². The summed E-state index contributed by atoms with van der Waals surface area (Å²) in [4.78, 5) is 20.6. The first kappa shape index (κ1) is 13.1. The Morgan fingerprint density at radius 2 is 1.94 bits per heavy atom. The third-order valence-electron chi connectivity index (χ3n) is 2.12. The van der Waals surface area contributed by atoms with Crippen LogP contribution in [0, 0.1) is 10.1 Å². The number of aryl methyl sites for hydroxylation is 1. The molecule has 7 heteroatoms. The second-order valence-electron chi connectivity index (χ2n) is 3.33. The molecule has 0 heterocycles. The molecule has 4 nitrogen and oxygen atoms in total. The summed E-state index contributed by atoms with van der Waals surface area (Å²) in [6.45, 7) is 1.63. The van der Waals surface area contributed by atoms with E-state index in [4.69, 9.17) is 0 Å². The first-order valence-electron chi connectivity index (χ1n) is 4.65. The molecule has 0 radical (unpaired) electrons. The summed E-state index contributed by atoms with van der Waals surface area (Å²) in [5.41, 5.74) is -0.910. The molecular weight excluding hydrogens is 239 g/mol. The number of nitro benzene ring substituents is 1. The maximum atomic E-state index is 12.2. The van der Waals surface area contributed by atoms with Gasteiger partial charge in [0.15, 0.2) is 0 Å². The smallest absolute Gasteiger partial charge is 0.284 e. The summed E-state index contributed by atoms with van der Waals surface area (Å²) in [5, 5.41) is 10.5. The van der Waals surface area contributed by atoms with E-state index in [1.807, 2.05) is 0 Å². The van der Waals surface area contributed by atoms with E-state index in [9.17, 15) is 28.1 Å². The number of hydrogen-bond donors (Lipinski definition) is 0. The van der Waals surface area contributed by atoms with E-state index < -0.39 is 28.1 Å². The van der Waals surface area contributed by atoms with Gasteiger partial charge in [0, 0.05) is 17.7 Å². The van der Waals surface area contributed by atoms with Gasteiger partial charge in [0.05, 0.1) is 4.92 Å². The third-order valence-corrected chi connectivity index (χ3v) is 2.12. The van der Waals surface area contributed by atoms with Crippen LogP contribution in [0.5, 0.6) is 0 Å². The molecule has 0 saturated carbocycles. The maximum Gasteiger partial charge on any atom is 0.454 e. The van der Waals surface area contributed by atoms with Gasteiger partial charge in [-0.1, -0.05) is 6.92 Å². The summed E-state index contributed by atoms with van der Waals surface area (Å²) in [6, 6.07) is 2.80. The molecule has 0 amide bonds. The Labute approximate surface area is 94.2 Å². The van der Waals surface area contributed by atoms with Gasteiger partial charge in [-0.2, -0.15) is 13.2 Å². The van der Waals surface area contributed by atoms with E-state index in [1.54, 1.807) is 6.92 Å². The van der Waals surface area contributed by atoms with Gasteiger partial charge >= 0.3 is 6.18 Å². The lowest BCUT2D eigenvalue weighted by Crippen LogP contribution is -2.22. The fourth-order valence-corrected chi connectivity index (χ4v) is 1.28. The zero-order valence-corrected chi connectivity index (χ0v) is 8.75. The number of halogens is 3. The Morgan fingerprint density at radius 3 is 2.35 bits per heavy atom. The molecule has 0 aromatic heterocycles. The van der Waals surface area contributed by atoms with Crippen LogP contribution in [0.15, 0.2) is 18.2 Å². The van der Waals surface area contributed by atoms with Crippen LogP contribution >= 0.6 is 0 Å². The molecule has 0 saturated heterocycles. The minimum Gasteiger partial charge on any atom is -0.284 e. The van der Waals surface area contributed by atoms with E-state index in [1.165, 1.54) is 0 Å². The Kier molecular flexibility index (Phi) is 3.50. The van der Waals surface area contributed by atoms with Crippen molar-refractivity contribution in [1.82, 2.24) is 0 Å². The van der Waals surface area contributed by atoms with Crippen molar-refractivity contribution in [3.05, 3.63) is 39.4 Å². The van der Waals surface area contributed by atoms with Crippen molar-refractivity contribution >= 4 is 11.5 Å². The topological polar surface area (TPSA) is 60.2 Å². The van der Waals surface area contributed by atoms with Gasteiger partial charge in [-0.3, -0.25) is 14.9 Å². The number of hydrogen-bond acceptors (Lipinski definition) is 3. The van der Waals surface area contributed by atoms with Crippen LogP contribution in [0.2, 0.25) is 0 Å². The van der Waals surface area contributed by atoms with Crippen molar-refractivity contribution in [2.24, 2.45) is 0 Å². The largest absolute Gasteiger partial charge is 0.454 e. The summed E-state index contributed by atoms with van der Waals surface area (Å²) in [6.07, 6.45) is -4.72. The molecule has 0 bridgehead atoms. The van der Waals surface area contributed by atoms with Crippen LogP contribution in [0.25, 0.3) is 0 Å². The summed E-state index contributed by atoms with van der Waals surface area (Å²) in [5.74, 6) is -2.07. The summed E-state index contributed by atoms with van der Waals surface area (Å²) >= 11 is 0. The standard InChI is InChI=1S/C10H8F3NO3/c1-2-6-3-7(9(15)10(11,12)13)5-8(4-6)14(16)17/h3-5H,2H2,1H3. The van der Waals surface area contributed by atoms with E-state index in [0.717, 1.165) is 12.1 Å². The lowest BCUT2D eigenvalue weighted by molar-refractivity contribution is -0.384. The van der Waals surface area contributed by atoms with Gasteiger partial charge in [0.1, 0.15) is 0 Å². The zero-order chi connectivity index (χ0) is 13.2. The minimum absolute atomic E-state index is 0.305. The highest BCUT2D eigenvalue weighted by Crippen LogP contribution is 2.25. The minimum atomic E-state index is -5.03. The lowest BCUT2D eigenvalue weighted by Gasteiger charge is -2.06. The number of nitro groups is 1. The number of non-ortho nitro benzene ring substituents is 1. The summed E-state index contributed by atoms with van der Waals surface area (Å²) < 4.78 is 36.6. The quantitative estimate of drug-likeness (QED) is 0.468. The molecule has 0 unspecified atom stereocenters. The fourth-order valence-electron chi connectivity index (χ4n) is 1.28. The Hall–Kier alpha value is -1.92. The number of alkyl halides is 3. The van der Waals surface area contributed by atoms with Crippen LogP contribution < -0.4 is 0 Å². The highest BCUT2D eigenvalue weighted by Gasteiger charge is 2.39. The number of nitrogens with zero attached hydrogens (tertiary/aromatic N) is 1. The van der Waals surface area contributed by atoms with Crippen molar-refractivity contribution in [2.75, 3.05) is 0 Å². The first-order valence-corrected chi connectivity index (χ1v) is 4.65. The van der Waals surface area contributed by atoms with Crippen LogP contribution in [0.1, 0.15) is 22.8 Å². The van der Waals surface area contributed by atoms with Gasteiger partial charge in [-0.25, -0.2) is 0 Å². The Morgan fingerprint density at radius 1 is 1.35 bits per heavy atom. The molecule has 0 aliphatic heterocycles. The van der Waals surface area contributed by atoms with Crippen molar-refractivity contribution in [3.63, 3.8) is 0 Å². The van der Waals surface area contributed by atoms with Crippen LogP contribution in [0.4, 0.5) is 18.9 Å². The highest BCUT2D eigenvalue weighted by molar-refractivity contribution is 6.00. The number of Topliss-reactive ketones (excluding diaryl/α,β-unsaturated/α-hetero) is 1. The molecule has 1 aromatic rings. The van der Waals surface area contributed by atoms with Crippen molar-refractivity contribution in [2.45, 2.75) is 19.5 Å². The second kappa shape index (κ2) is 4.52. The zero-order valence-electron chi connectivity index (χ0n) is 8.75. The second-order valence-corrected chi connectivity index (χ2v) is 3.33. The molecule has 0 fully saturated rings. The average molecular weight is 247 g/mol. The SMILES string of the molecule is CCc1cc(C(=O)C(F)(F)F)cc([N+](=O)[O-])c1. The van der Waals surface area contributed by atoms with Crippen molar-refractivity contribution in [1.29, 1.82) is 0 Å². The lowest BCUT2D eigenvalue weighted by atomic mass is 10.0. The monoisotopic (exact) mass is 247 g/mol. The number of benzene rings is 1. The third kappa shape index (κ3) is 3.02. The van der Waals surface area contributed by atoms with E-state index in [2.05, 4.69) is 0 Å². The van der Waals surface area contributed by atoms with Crippen molar-refractivity contribution in [3.8, 4) is 0 Å². The Balaban J connectivity index is 3.29. The molecule has 92 valence electrons. The molecule has 1 rings (SSSR count). The normalized spacial score (nSPS) is 11.3. The number of carbonyl (C=O) groups excluding carboxylic acids is 1. The van der Waals surface area contributed by atoms with E-state index in [-0.39, 0.29) is 0 Å². The molecule has 0 aliphatic rings. The van der Waals surface area contributed by atoms with Crippen LogP contribution in [-0.2, 0) is 6.42 Å². The Bertz CT molecular complexity index is 468. The molecule has 1 aromatic carbocycles. The predicted molar refractivity (Wildman–Crippen MR) is 52.9 cm³/mol. The van der Waals surface area contributed by atoms with E-state index >= 15 is 0 Å². The summed E-state index contributed by atoms with van der Waals surface area (Å²) in [7, 11) is 0. The molecule has 0 atom stereocenters. The molecule has 0 aliphatic carbocycles. The van der Waals surface area contributed by atoms with Gasteiger partial charge in [-0.05, 0) is 18.1 Å². The van der Waals surface area contributed by atoms with Gasteiger partial charge in [0.25, 0.3) is 11.5 Å². The number of ketones is 1. The van der Waals surface area contributed by atoms with E-state index in [0.29, 0.717) is 18.1 Å².